The molecule has 0 aromatic carbocycles. The van der Waals surface area contributed by atoms with Crippen molar-refractivity contribution < 1.29 is 14.3 Å². The van der Waals surface area contributed by atoms with E-state index >= 15 is 0 Å². The molecule has 2 bridgehead atoms. The van der Waals surface area contributed by atoms with Crippen LogP contribution in [-0.4, -0.2) is 35.1 Å². The van der Waals surface area contributed by atoms with E-state index in [0.717, 1.165) is 35.3 Å². The number of rotatable bonds is 0. The number of nitrogens with zero attached hydrogens (tertiary/aromatic N) is 2. The van der Waals surface area contributed by atoms with Crippen LogP contribution in [0.3, 0.4) is 0 Å². The van der Waals surface area contributed by atoms with E-state index < -0.39 is 5.60 Å². The van der Waals surface area contributed by atoms with E-state index in [2.05, 4.69) is 22.8 Å². The van der Waals surface area contributed by atoms with Crippen LogP contribution in [-0.2, 0) is 9.53 Å². The highest BCUT2D eigenvalue weighted by Crippen LogP contribution is 2.53. The first-order valence-electron chi connectivity index (χ1n) is 8.80. The van der Waals surface area contributed by atoms with Crippen molar-refractivity contribution >= 4 is 5.97 Å². The predicted octanol–water partition coefficient (Wildman–Crippen LogP) is 1.46. The number of carbonyl (C=O) groups excluding carboxylic acids is 1. The molecular weight excluding hydrogens is 316 g/mol. The van der Waals surface area contributed by atoms with Crippen LogP contribution < -0.4 is 4.73 Å². The number of carbonyl (C=O) groups is 1. The van der Waals surface area contributed by atoms with Crippen molar-refractivity contribution in [2.75, 3.05) is 6.54 Å². The number of ether oxygens (including phenoxy) is 1. The lowest BCUT2D eigenvalue weighted by Crippen LogP contribution is -2.48. The summed E-state index contributed by atoms with van der Waals surface area (Å²) in [5, 5.41) is 11.4. The first kappa shape index (κ1) is 14.7. The summed E-state index contributed by atoms with van der Waals surface area (Å²) in [7, 11) is 0. The maximum atomic E-state index is 12.1. The number of fused-ring (bicyclic) bond motifs is 3. The van der Waals surface area contributed by atoms with Gasteiger partial charge in [-0.25, -0.2) is 4.79 Å². The van der Waals surface area contributed by atoms with Crippen molar-refractivity contribution in [1.29, 1.82) is 0 Å². The number of hydrogen-bond acceptors (Lipinski definition) is 4. The summed E-state index contributed by atoms with van der Waals surface area (Å²) in [6.45, 7) is 1.05. The van der Waals surface area contributed by atoms with E-state index in [9.17, 15) is 10.0 Å². The second-order valence-electron chi connectivity index (χ2n) is 7.17. The minimum absolute atomic E-state index is 0.257. The van der Waals surface area contributed by atoms with Gasteiger partial charge >= 0.3 is 5.97 Å². The molecule has 3 unspecified atom stereocenters. The summed E-state index contributed by atoms with van der Waals surface area (Å²) < 4.78 is 6.62. The molecule has 126 valence electrons. The molecule has 1 aromatic rings. The molecule has 2 saturated heterocycles. The largest absolute Gasteiger partial charge is 0.619 e. The first-order valence-corrected chi connectivity index (χ1v) is 8.80. The summed E-state index contributed by atoms with van der Waals surface area (Å²) in [6.07, 6.45) is 11.0. The molecule has 1 aliphatic carbocycles. The Morgan fingerprint density at radius 3 is 3.16 bits per heavy atom. The van der Waals surface area contributed by atoms with Gasteiger partial charge < -0.3 is 9.94 Å². The summed E-state index contributed by atoms with van der Waals surface area (Å²) in [6, 6.07) is 4.03. The highest BCUT2D eigenvalue weighted by Gasteiger charge is 2.61. The minimum Gasteiger partial charge on any atom is -0.619 e. The summed E-state index contributed by atoms with van der Waals surface area (Å²) in [5.74, 6) is 6.00. The van der Waals surface area contributed by atoms with E-state index in [4.69, 9.17) is 4.74 Å². The zero-order chi connectivity index (χ0) is 17.0. The van der Waals surface area contributed by atoms with Crippen LogP contribution in [0.25, 0.3) is 0 Å². The number of pyridine rings is 1. The van der Waals surface area contributed by atoms with Crippen molar-refractivity contribution in [1.82, 2.24) is 4.90 Å². The number of esters is 1. The highest BCUT2D eigenvalue weighted by molar-refractivity contribution is 5.90. The zero-order valence-corrected chi connectivity index (χ0v) is 13.8. The van der Waals surface area contributed by atoms with Crippen LogP contribution in [0.4, 0.5) is 0 Å². The van der Waals surface area contributed by atoms with Gasteiger partial charge in [0.2, 0.25) is 0 Å². The normalized spacial score (nSPS) is 32.7. The predicted molar refractivity (Wildman–Crippen MR) is 90.0 cm³/mol. The quantitative estimate of drug-likeness (QED) is 0.312. The van der Waals surface area contributed by atoms with Crippen LogP contribution in [0, 0.1) is 17.0 Å². The summed E-state index contributed by atoms with van der Waals surface area (Å²) >= 11 is 0. The minimum atomic E-state index is -0.518. The molecule has 2 fully saturated rings. The van der Waals surface area contributed by atoms with Crippen molar-refractivity contribution in [3.8, 4) is 11.8 Å². The molecule has 4 heterocycles. The zero-order valence-electron chi connectivity index (χ0n) is 13.8. The molecule has 3 aliphatic heterocycles. The SMILES string of the molecule is O=C1C=C2C(C#Cc3ccc[n+]([O-])c3)=CC3CC2(O1)C1CCCCN31. The van der Waals surface area contributed by atoms with Gasteiger partial charge in [0.1, 0.15) is 0 Å². The molecule has 4 aliphatic rings. The molecule has 0 radical (unpaired) electrons. The summed E-state index contributed by atoms with van der Waals surface area (Å²) in [4.78, 5) is 14.6. The van der Waals surface area contributed by atoms with Gasteiger partial charge in [0.05, 0.1) is 11.6 Å². The van der Waals surface area contributed by atoms with Crippen LogP contribution >= 0.6 is 0 Å². The van der Waals surface area contributed by atoms with E-state index in [1.54, 1.807) is 12.1 Å². The maximum Gasteiger partial charge on any atom is 0.332 e. The third-order valence-corrected chi connectivity index (χ3v) is 5.79. The first-order chi connectivity index (χ1) is 12.2. The molecular formula is C20H18N2O3. The van der Waals surface area contributed by atoms with Crippen LogP contribution in [0.1, 0.15) is 31.2 Å². The van der Waals surface area contributed by atoms with Crippen molar-refractivity contribution in [2.45, 2.75) is 43.4 Å². The molecule has 25 heavy (non-hydrogen) atoms. The lowest BCUT2D eigenvalue weighted by molar-refractivity contribution is -0.605. The summed E-state index contributed by atoms with van der Waals surface area (Å²) in [5.41, 5.74) is 1.95. The molecule has 0 N–H and O–H groups in total. The monoisotopic (exact) mass is 334 g/mol. The Kier molecular flexibility index (Phi) is 3.07. The molecule has 0 saturated carbocycles. The van der Waals surface area contributed by atoms with Crippen molar-refractivity contribution in [3.63, 3.8) is 0 Å². The fourth-order valence-electron chi connectivity index (χ4n) is 4.84. The average Bonchev–Trinajstić information content (AvgIpc) is 3.09. The van der Waals surface area contributed by atoms with Crippen molar-refractivity contribution in [3.05, 3.63) is 58.6 Å². The Bertz CT molecular complexity index is 892. The Morgan fingerprint density at radius 2 is 2.28 bits per heavy atom. The van der Waals surface area contributed by atoms with Gasteiger partial charge in [0.25, 0.3) is 0 Å². The fourth-order valence-corrected chi connectivity index (χ4v) is 4.84. The lowest BCUT2D eigenvalue weighted by Gasteiger charge is -2.38. The van der Waals surface area contributed by atoms with Gasteiger partial charge in [-0.2, -0.15) is 4.73 Å². The van der Waals surface area contributed by atoms with Gasteiger partial charge in [-0.05, 0) is 25.5 Å². The standard InChI is InChI=1S/C20H18N2O3/c23-19-11-17-15(7-6-14-4-3-8-21(24)13-14)10-16-12-20(17,25-19)18-5-1-2-9-22(16)18/h3-4,8,10-11,13,16,18H,1-2,5,9,12H2. The third-order valence-electron chi connectivity index (χ3n) is 5.79. The topological polar surface area (TPSA) is 56.5 Å². The number of piperidine rings is 1. The van der Waals surface area contributed by atoms with Gasteiger partial charge in [0, 0.05) is 35.8 Å². The Hall–Kier alpha value is -2.58. The fraction of sp³-hybridized carbons (Fsp3) is 0.400. The lowest BCUT2D eigenvalue weighted by atomic mass is 9.77. The average molecular weight is 334 g/mol. The smallest absolute Gasteiger partial charge is 0.332 e. The van der Waals surface area contributed by atoms with Gasteiger partial charge in [-0.1, -0.05) is 24.3 Å². The van der Waals surface area contributed by atoms with Crippen LogP contribution in [0.5, 0.6) is 0 Å². The molecule has 1 spiro atoms. The van der Waals surface area contributed by atoms with E-state index in [0.29, 0.717) is 5.56 Å². The Morgan fingerprint density at radius 1 is 1.36 bits per heavy atom. The van der Waals surface area contributed by atoms with Gasteiger partial charge in [0.15, 0.2) is 18.0 Å². The van der Waals surface area contributed by atoms with E-state index in [-0.39, 0.29) is 18.1 Å². The number of aromatic nitrogens is 1. The Balaban J connectivity index is 1.57. The van der Waals surface area contributed by atoms with E-state index in [1.807, 2.05) is 6.07 Å². The van der Waals surface area contributed by atoms with E-state index in [1.165, 1.54) is 25.2 Å². The second-order valence-corrected chi connectivity index (χ2v) is 7.17. The van der Waals surface area contributed by atoms with Gasteiger partial charge in [-0.15, -0.1) is 0 Å². The molecule has 5 rings (SSSR count). The molecule has 3 atom stereocenters. The van der Waals surface area contributed by atoms with Crippen LogP contribution in [0.2, 0.25) is 0 Å². The molecule has 1 aromatic heterocycles. The molecule has 5 heteroatoms. The van der Waals surface area contributed by atoms with Gasteiger partial charge in [-0.3, -0.25) is 4.90 Å². The highest BCUT2D eigenvalue weighted by atomic mass is 16.6. The maximum absolute atomic E-state index is 12.1. The third kappa shape index (κ3) is 2.14. The van der Waals surface area contributed by atoms with Crippen LogP contribution in [0.15, 0.2) is 47.8 Å². The molecule has 0 amide bonds. The molecule has 5 nitrogen and oxygen atoms in total. The Labute approximate surface area is 146 Å². The second kappa shape index (κ2) is 5.21. The number of hydrogen-bond donors (Lipinski definition) is 0. The van der Waals surface area contributed by atoms with Crippen molar-refractivity contribution in [2.24, 2.45) is 0 Å².